The van der Waals surface area contributed by atoms with Crippen molar-refractivity contribution >= 4 is 6.47 Å². The molecule has 1 fully saturated rings. The van der Waals surface area contributed by atoms with Gasteiger partial charge in [-0.2, -0.15) is 0 Å². The molecule has 42 valence electrons. The van der Waals surface area contributed by atoms with Gasteiger partial charge < -0.3 is 5.11 Å². The molecule has 0 bridgehead atoms. The summed E-state index contributed by atoms with van der Waals surface area (Å²) >= 11 is 0. The Morgan fingerprint density at radius 2 is 1.57 bits per heavy atom. The van der Waals surface area contributed by atoms with Crippen molar-refractivity contribution in [1.82, 2.24) is 0 Å². The molecule has 0 aromatic heterocycles. The van der Waals surface area contributed by atoms with E-state index in [2.05, 4.69) is 9.78 Å². The van der Waals surface area contributed by atoms with E-state index >= 15 is 0 Å². The van der Waals surface area contributed by atoms with Crippen LogP contribution in [0.2, 0.25) is 0 Å². The second-order valence-electron chi connectivity index (χ2n) is 0.749. The van der Waals surface area contributed by atoms with E-state index in [-0.39, 0.29) is 6.47 Å². The van der Waals surface area contributed by atoms with E-state index in [1.807, 2.05) is 0 Å². The zero-order valence-corrected chi connectivity index (χ0v) is 3.66. The smallest absolute Gasteiger partial charge is 0.290 e. The Morgan fingerprint density at radius 3 is 1.57 bits per heavy atom. The van der Waals surface area contributed by atoms with E-state index in [1.165, 1.54) is 0 Å². The van der Waals surface area contributed by atoms with Crippen LogP contribution in [0.1, 0.15) is 0 Å². The van der Waals surface area contributed by atoms with Crippen molar-refractivity contribution in [3.8, 4) is 0 Å². The first-order valence-corrected chi connectivity index (χ1v) is 1.74. The number of carboxylic acid groups (broad SMARTS) is 1. The van der Waals surface area contributed by atoms with Crippen molar-refractivity contribution < 1.29 is 19.7 Å². The van der Waals surface area contributed by atoms with Crippen molar-refractivity contribution in [2.45, 2.75) is 0 Å². The van der Waals surface area contributed by atoms with Gasteiger partial charge in [-0.05, 0) is 0 Å². The van der Waals surface area contributed by atoms with Crippen molar-refractivity contribution in [2.24, 2.45) is 0 Å². The average molecular weight is 106 g/mol. The van der Waals surface area contributed by atoms with Crippen LogP contribution in [0.3, 0.4) is 0 Å². The number of hydrogen-bond acceptors (Lipinski definition) is 3. The standard InChI is InChI=1S/C2H4O2.CH2O2/c1-2-4-3-1;2-1-3/h1-2H2;1H,(H,2,3). The van der Waals surface area contributed by atoms with E-state index < -0.39 is 0 Å². The van der Waals surface area contributed by atoms with Crippen LogP contribution < -0.4 is 0 Å². The molecule has 1 aliphatic heterocycles. The van der Waals surface area contributed by atoms with Gasteiger partial charge in [-0.3, -0.25) is 4.79 Å². The summed E-state index contributed by atoms with van der Waals surface area (Å²) in [4.78, 5) is 16.8. The van der Waals surface area contributed by atoms with Crippen molar-refractivity contribution in [3.05, 3.63) is 0 Å². The second kappa shape index (κ2) is 5.39. The van der Waals surface area contributed by atoms with Crippen LogP contribution in [-0.2, 0) is 14.6 Å². The Hall–Kier alpha value is -0.610. The van der Waals surface area contributed by atoms with E-state index in [0.29, 0.717) is 0 Å². The van der Waals surface area contributed by atoms with Gasteiger partial charge in [0.15, 0.2) is 0 Å². The Balaban J connectivity index is 0.000000110. The van der Waals surface area contributed by atoms with Gasteiger partial charge in [0, 0.05) is 0 Å². The van der Waals surface area contributed by atoms with Crippen LogP contribution in [0.15, 0.2) is 0 Å². The summed E-state index contributed by atoms with van der Waals surface area (Å²) in [5, 5.41) is 6.89. The van der Waals surface area contributed by atoms with Crippen LogP contribution in [0, 0.1) is 0 Å². The van der Waals surface area contributed by atoms with E-state index in [0.717, 1.165) is 13.2 Å². The summed E-state index contributed by atoms with van der Waals surface area (Å²) in [5.74, 6) is 0. The summed E-state index contributed by atoms with van der Waals surface area (Å²) in [6.45, 7) is 1.31. The molecule has 4 nitrogen and oxygen atoms in total. The molecule has 1 N–H and O–H groups in total. The third-order valence-electron chi connectivity index (χ3n) is 0.333. The zero-order chi connectivity index (χ0) is 5.54. The van der Waals surface area contributed by atoms with Crippen molar-refractivity contribution in [2.75, 3.05) is 13.2 Å². The molecule has 0 aliphatic carbocycles. The largest absolute Gasteiger partial charge is 0.483 e. The lowest BCUT2D eigenvalue weighted by molar-refractivity contribution is -0.382. The Bertz CT molecular complexity index is 36.2. The molecule has 0 amide bonds. The first-order chi connectivity index (χ1) is 3.41. The molecule has 1 aliphatic rings. The van der Waals surface area contributed by atoms with Gasteiger partial charge in [0.2, 0.25) is 0 Å². The maximum absolute atomic E-state index is 8.36. The molecule has 0 spiro atoms. The summed E-state index contributed by atoms with van der Waals surface area (Å²) in [5.41, 5.74) is 0. The van der Waals surface area contributed by atoms with Crippen LogP contribution in [0.5, 0.6) is 0 Å². The van der Waals surface area contributed by atoms with Crippen molar-refractivity contribution in [3.63, 3.8) is 0 Å². The first-order valence-electron chi connectivity index (χ1n) is 1.74. The molecular weight excluding hydrogens is 100 g/mol. The zero-order valence-electron chi connectivity index (χ0n) is 3.66. The number of hydrogen-bond donors (Lipinski definition) is 1. The minimum atomic E-state index is -0.250. The quantitative estimate of drug-likeness (QED) is 0.338. The topological polar surface area (TPSA) is 55.8 Å². The van der Waals surface area contributed by atoms with Gasteiger partial charge in [-0.1, -0.05) is 0 Å². The third-order valence-corrected chi connectivity index (χ3v) is 0.333. The van der Waals surface area contributed by atoms with Crippen molar-refractivity contribution in [1.29, 1.82) is 0 Å². The lowest BCUT2D eigenvalue weighted by Crippen LogP contribution is -2.14. The van der Waals surface area contributed by atoms with Gasteiger partial charge in [0.25, 0.3) is 6.47 Å². The minimum Gasteiger partial charge on any atom is -0.483 e. The van der Waals surface area contributed by atoms with E-state index in [4.69, 9.17) is 9.90 Å². The molecule has 0 aromatic carbocycles. The molecule has 7 heavy (non-hydrogen) atoms. The lowest BCUT2D eigenvalue weighted by atomic mass is 10.8. The van der Waals surface area contributed by atoms with Gasteiger partial charge in [0.1, 0.15) is 13.2 Å². The molecule has 0 radical (unpaired) electrons. The SMILES string of the molecule is C1COO1.O=CO. The molecule has 1 saturated heterocycles. The normalized spacial score (nSPS) is 15.4. The highest BCUT2D eigenvalue weighted by Gasteiger charge is 1.95. The Morgan fingerprint density at radius 1 is 1.43 bits per heavy atom. The fourth-order valence-corrected chi connectivity index (χ4v) is 0.0833. The minimum absolute atomic E-state index is 0.250. The van der Waals surface area contributed by atoms with Gasteiger partial charge in [0.05, 0.1) is 0 Å². The monoisotopic (exact) mass is 106 g/mol. The molecule has 1 heterocycles. The Labute approximate surface area is 40.6 Å². The molecule has 0 aromatic rings. The molecule has 0 atom stereocenters. The van der Waals surface area contributed by atoms with E-state index in [1.54, 1.807) is 0 Å². The fraction of sp³-hybridized carbons (Fsp3) is 0.667. The van der Waals surface area contributed by atoms with E-state index in [9.17, 15) is 0 Å². The summed E-state index contributed by atoms with van der Waals surface area (Å²) in [7, 11) is 0. The molecular formula is C3H6O4. The maximum atomic E-state index is 8.36. The van der Waals surface area contributed by atoms with Crippen LogP contribution >= 0.6 is 0 Å². The average Bonchev–Trinajstić information content (AvgIpc) is 1.27. The van der Waals surface area contributed by atoms with Crippen LogP contribution in [-0.4, -0.2) is 24.8 Å². The summed E-state index contributed by atoms with van der Waals surface area (Å²) in [6.07, 6.45) is 0. The Kier molecular flexibility index (Phi) is 4.92. The van der Waals surface area contributed by atoms with Crippen LogP contribution in [0.4, 0.5) is 0 Å². The highest BCUT2D eigenvalue weighted by Crippen LogP contribution is 1.87. The fourth-order valence-electron chi connectivity index (χ4n) is 0.0833. The predicted molar refractivity (Wildman–Crippen MR) is 20.6 cm³/mol. The first kappa shape index (κ1) is 6.39. The summed E-state index contributed by atoms with van der Waals surface area (Å²) < 4.78 is 0. The van der Waals surface area contributed by atoms with Gasteiger partial charge in [-0.15, -0.1) is 0 Å². The number of rotatable bonds is 0. The lowest BCUT2D eigenvalue weighted by Gasteiger charge is -2.08. The molecule has 0 unspecified atom stereocenters. The predicted octanol–water partition coefficient (Wildman–Crippen LogP) is -0.351. The second-order valence-corrected chi connectivity index (χ2v) is 0.749. The molecule has 4 heteroatoms. The molecule has 1 rings (SSSR count). The molecule has 0 saturated carbocycles. The maximum Gasteiger partial charge on any atom is 0.290 e. The van der Waals surface area contributed by atoms with Gasteiger partial charge >= 0.3 is 0 Å². The third kappa shape index (κ3) is 5.39. The van der Waals surface area contributed by atoms with Crippen LogP contribution in [0.25, 0.3) is 0 Å². The highest BCUT2D eigenvalue weighted by atomic mass is 17.2. The van der Waals surface area contributed by atoms with Gasteiger partial charge in [-0.25, -0.2) is 9.78 Å². The summed E-state index contributed by atoms with van der Waals surface area (Å²) in [6, 6.07) is 0. The number of carbonyl (C=O) groups is 1. The highest BCUT2D eigenvalue weighted by molar-refractivity contribution is 5.32.